The van der Waals surface area contributed by atoms with Crippen LogP contribution in [0.15, 0.2) is 62.7 Å². The average molecular weight is 466 g/mol. The minimum atomic E-state index is -4.27. The van der Waals surface area contributed by atoms with E-state index in [1.807, 2.05) is 0 Å². The predicted molar refractivity (Wildman–Crippen MR) is 112 cm³/mol. The molecule has 12 heteroatoms. The third-order valence-electron chi connectivity index (χ3n) is 4.77. The molecule has 0 atom stereocenters. The molecule has 1 aromatic heterocycles. The van der Waals surface area contributed by atoms with Crippen LogP contribution in [0, 0.1) is 0 Å². The van der Waals surface area contributed by atoms with Gasteiger partial charge in [-0.15, -0.1) is 0 Å². The number of carbonyl (C=O) groups is 1. The van der Waals surface area contributed by atoms with Crippen LogP contribution in [-0.2, 0) is 24.8 Å². The van der Waals surface area contributed by atoms with Crippen LogP contribution < -0.4 is 9.86 Å². The van der Waals surface area contributed by atoms with Crippen LogP contribution >= 0.6 is 0 Å². The molecule has 1 amide bonds. The van der Waals surface area contributed by atoms with Gasteiger partial charge in [-0.05, 0) is 30.3 Å². The van der Waals surface area contributed by atoms with Gasteiger partial charge in [-0.1, -0.05) is 18.2 Å². The highest BCUT2D eigenvalue weighted by atomic mass is 32.2. The third-order valence-corrected chi connectivity index (χ3v) is 7.03. The zero-order valence-corrected chi connectivity index (χ0v) is 17.8. The number of nitrogens with one attached hydrogen (secondary N) is 1. The van der Waals surface area contributed by atoms with E-state index in [1.54, 1.807) is 24.3 Å². The van der Waals surface area contributed by atoms with Gasteiger partial charge in [0, 0.05) is 18.5 Å². The van der Waals surface area contributed by atoms with Crippen molar-refractivity contribution >= 4 is 42.6 Å². The molecule has 3 aromatic rings. The average Bonchev–Trinajstić information content (AvgIpc) is 3.11. The Labute approximate surface area is 178 Å². The van der Waals surface area contributed by atoms with E-state index in [4.69, 9.17) is 14.3 Å². The number of morpholine rings is 1. The number of hydrogen-bond donors (Lipinski definition) is 2. The Morgan fingerprint density at radius 1 is 0.968 bits per heavy atom. The fourth-order valence-corrected chi connectivity index (χ4v) is 4.98. The maximum Gasteiger partial charge on any atom is 0.291 e. The zero-order chi connectivity index (χ0) is 22.2. The highest BCUT2D eigenvalue weighted by Gasteiger charge is 2.29. The molecule has 0 unspecified atom stereocenters. The lowest BCUT2D eigenvalue weighted by atomic mass is 10.2. The molecule has 1 aliphatic rings. The van der Waals surface area contributed by atoms with Crippen LogP contribution in [0.4, 0.5) is 5.69 Å². The van der Waals surface area contributed by atoms with Crippen molar-refractivity contribution in [2.24, 2.45) is 5.14 Å². The SMILES string of the molecule is NS(=O)(=O)c1cccc(S(=O)(=O)Nc2c(C(=O)N3CCOCC3)oc3ccccc23)c1. The van der Waals surface area contributed by atoms with Gasteiger partial charge < -0.3 is 14.1 Å². The van der Waals surface area contributed by atoms with Crippen molar-refractivity contribution < 1.29 is 30.8 Å². The highest BCUT2D eigenvalue weighted by molar-refractivity contribution is 7.93. The number of anilines is 1. The first-order valence-corrected chi connectivity index (χ1v) is 12.2. The van der Waals surface area contributed by atoms with Crippen molar-refractivity contribution in [1.82, 2.24) is 4.90 Å². The summed E-state index contributed by atoms with van der Waals surface area (Å²) in [6, 6.07) is 11.2. The molecule has 3 N–H and O–H groups in total. The first kappa shape index (κ1) is 21.3. The summed E-state index contributed by atoms with van der Waals surface area (Å²) in [6.07, 6.45) is 0. The lowest BCUT2D eigenvalue weighted by Gasteiger charge is -2.26. The molecule has 0 bridgehead atoms. The van der Waals surface area contributed by atoms with Gasteiger partial charge in [-0.25, -0.2) is 22.0 Å². The lowest BCUT2D eigenvalue weighted by molar-refractivity contribution is 0.0285. The molecule has 1 saturated heterocycles. The van der Waals surface area contributed by atoms with Crippen molar-refractivity contribution in [3.63, 3.8) is 0 Å². The molecule has 2 heterocycles. The first-order valence-electron chi connectivity index (χ1n) is 9.21. The van der Waals surface area contributed by atoms with Gasteiger partial charge in [0.25, 0.3) is 15.9 Å². The van der Waals surface area contributed by atoms with Crippen molar-refractivity contribution in [2.45, 2.75) is 9.79 Å². The normalized spacial score (nSPS) is 15.2. The summed E-state index contributed by atoms with van der Waals surface area (Å²) in [5, 5.41) is 5.50. The summed E-state index contributed by atoms with van der Waals surface area (Å²) in [4.78, 5) is 13.9. The number of primary sulfonamides is 1. The summed E-state index contributed by atoms with van der Waals surface area (Å²) >= 11 is 0. The molecule has 4 rings (SSSR count). The first-order chi connectivity index (χ1) is 14.7. The monoisotopic (exact) mass is 465 g/mol. The molecule has 0 saturated carbocycles. The van der Waals surface area contributed by atoms with E-state index >= 15 is 0 Å². The van der Waals surface area contributed by atoms with Crippen LogP contribution in [-0.4, -0.2) is 53.9 Å². The summed E-state index contributed by atoms with van der Waals surface area (Å²) < 4.78 is 62.6. The number of ether oxygens (including phenoxy) is 1. The molecule has 10 nitrogen and oxygen atoms in total. The second-order valence-corrected chi connectivity index (χ2v) is 10.1. The topological polar surface area (TPSA) is 149 Å². The van der Waals surface area contributed by atoms with E-state index in [-0.39, 0.29) is 21.2 Å². The fourth-order valence-electron chi connectivity index (χ4n) is 3.22. The molecule has 31 heavy (non-hydrogen) atoms. The minimum absolute atomic E-state index is 0.0203. The number of sulfonamides is 2. The standard InChI is InChI=1S/C19H19N3O7S2/c20-30(24,25)13-4-3-5-14(12-13)31(26,27)21-17-15-6-1-2-7-16(15)29-18(17)19(23)22-8-10-28-11-9-22/h1-7,12,21H,8-11H2,(H2,20,24,25). The Hall–Kier alpha value is -2.93. The predicted octanol–water partition coefficient (Wildman–Crippen LogP) is 1.35. The molecule has 0 spiro atoms. The minimum Gasteiger partial charge on any atom is -0.449 e. The molecule has 0 aliphatic carbocycles. The lowest BCUT2D eigenvalue weighted by Crippen LogP contribution is -2.40. The molecular weight excluding hydrogens is 446 g/mol. The third kappa shape index (κ3) is 4.28. The van der Waals surface area contributed by atoms with E-state index in [9.17, 15) is 21.6 Å². The Morgan fingerprint density at radius 3 is 2.35 bits per heavy atom. The number of furan rings is 1. The van der Waals surface area contributed by atoms with E-state index < -0.39 is 26.0 Å². The Bertz CT molecular complexity index is 1360. The van der Waals surface area contributed by atoms with Crippen LogP contribution in [0.2, 0.25) is 0 Å². The number of fused-ring (bicyclic) bond motifs is 1. The van der Waals surface area contributed by atoms with Gasteiger partial charge in [0.05, 0.1) is 23.0 Å². The maximum absolute atomic E-state index is 13.0. The van der Waals surface area contributed by atoms with Crippen LogP contribution in [0.5, 0.6) is 0 Å². The number of carbonyl (C=O) groups excluding carboxylic acids is 1. The molecule has 1 fully saturated rings. The summed E-state index contributed by atoms with van der Waals surface area (Å²) in [7, 11) is -8.37. The van der Waals surface area contributed by atoms with Crippen molar-refractivity contribution in [2.75, 3.05) is 31.0 Å². The number of rotatable bonds is 5. The Morgan fingerprint density at radius 2 is 1.65 bits per heavy atom. The van der Waals surface area contributed by atoms with E-state index in [1.165, 1.54) is 23.1 Å². The Balaban J connectivity index is 1.78. The number of hydrogen-bond acceptors (Lipinski definition) is 7. The summed E-state index contributed by atoms with van der Waals surface area (Å²) in [5.41, 5.74) is 0.309. The maximum atomic E-state index is 13.0. The molecule has 0 radical (unpaired) electrons. The zero-order valence-electron chi connectivity index (χ0n) is 16.1. The van der Waals surface area contributed by atoms with Crippen LogP contribution in [0.25, 0.3) is 11.0 Å². The van der Waals surface area contributed by atoms with E-state index in [2.05, 4.69) is 4.72 Å². The largest absolute Gasteiger partial charge is 0.449 e. The van der Waals surface area contributed by atoms with Gasteiger partial charge in [0.1, 0.15) is 11.3 Å². The quantitative estimate of drug-likeness (QED) is 0.578. The number of benzene rings is 2. The van der Waals surface area contributed by atoms with Crippen LogP contribution in [0.3, 0.4) is 0 Å². The summed E-state index contributed by atoms with van der Waals surface area (Å²) in [6.45, 7) is 1.43. The molecule has 164 valence electrons. The van der Waals surface area contributed by atoms with Crippen molar-refractivity contribution in [3.8, 4) is 0 Å². The fraction of sp³-hybridized carbons (Fsp3) is 0.211. The Kier molecular flexibility index (Phi) is 5.47. The van der Waals surface area contributed by atoms with Gasteiger partial charge in [-0.3, -0.25) is 9.52 Å². The van der Waals surface area contributed by atoms with E-state index in [0.29, 0.717) is 37.3 Å². The highest BCUT2D eigenvalue weighted by Crippen LogP contribution is 2.33. The van der Waals surface area contributed by atoms with E-state index in [0.717, 1.165) is 6.07 Å². The smallest absolute Gasteiger partial charge is 0.291 e. The van der Waals surface area contributed by atoms with Gasteiger partial charge >= 0.3 is 0 Å². The number of amides is 1. The van der Waals surface area contributed by atoms with Crippen molar-refractivity contribution in [1.29, 1.82) is 0 Å². The summed E-state index contributed by atoms with van der Waals surface area (Å²) in [5.74, 6) is -0.634. The molecule has 1 aliphatic heterocycles. The molecular formula is C19H19N3O7S2. The number of nitrogens with zero attached hydrogens (tertiary/aromatic N) is 1. The number of nitrogens with two attached hydrogens (primary N) is 1. The number of para-hydroxylation sites is 1. The van der Waals surface area contributed by atoms with Gasteiger partial charge in [-0.2, -0.15) is 0 Å². The van der Waals surface area contributed by atoms with Crippen molar-refractivity contribution in [3.05, 3.63) is 54.3 Å². The van der Waals surface area contributed by atoms with Gasteiger partial charge in [0.2, 0.25) is 15.8 Å². The molecule has 2 aromatic carbocycles. The van der Waals surface area contributed by atoms with Gasteiger partial charge in [0.15, 0.2) is 0 Å². The van der Waals surface area contributed by atoms with Crippen LogP contribution in [0.1, 0.15) is 10.6 Å². The second kappa shape index (κ2) is 7.96. The second-order valence-electron chi connectivity index (χ2n) is 6.83.